The Labute approximate surface area is 123 Å². The van der Waals surface area contributed by atoms with Gasteiger partial charge in [-0.05, 0) is 39.7 Å². The van der Waals surface area contributed by atoms with Crippen LogP contribution in [-0.4, -0.2) is 35.2 Å². The van der Waals surface area contributed by atoms with Gasteiger partial charge in [-0.25, -0.2) is 4.98 Å². The topological polar surface area (TPSA) is 33.1 Å². The van der Waals surface area contributed by atoms with Crippen LogP contribution in [0, 0.1) is 0 Å². The smallest absolute Gasteiger partial charge is 0.205 e. The number of unbranched alkanes of at least 4 members (excludes halogenated alkanes) is 1. The fourth-order valence-electron chi connectivity index (χ4n) is 2.83. The van der Waals surface area contributed by atoms with E-state index >= 15 is 0 Å². The lowest BCUT2D eigenvalue weighted by Gasteiger charge is -2.39. The maximum absolute atomic E-state index is 4.85. The SMILES string of the molecule is CCCCn1cc(CC)nc1N1CCC(C)(NC)CC1. The highest BCUT2D eigenvalue weighted by Crippen LogP contribution is 2.26. The zero-order valence-electron chi connectivity index (χ0n) is 13.6. The third-order valence-electron chi connectivity index (χ3n) is 4.67. The first-order valence-electron chi connectivity index (χ1n) is 8.11. The van der Waals surface area contributed by atoms with E-state index in [-0.39, 0.29) is 0 Å². The van der Waals surface area contributed by atoms with Gasteiger partial charge < -0.3 is 14.8 Å². The molecule has 1 fully saturated rings. The van der Waals surface area contributed by atoms with Gasteiger partial charge in [0.1, 0.15) is 0 Å². The van der Waals surface area contributed by atoms with Gasteiger partial charge in [0.25, 0.3) is 0 Å². The monoisotopic (exact) mass is 278 g/mol. The van der Waals surface area contributed by atoms with Crippen molar-refractivity contribution >= 4 is 5.95 Å². The van der Waals surface area contributed by atoms with E-state index in [1.165, 1.54) is 37.3 Å². The molecule has 2 rings (SSSR count). The van der Waals surface area contributed by atoms with Gasteiger partial charge in [-0.2, -0.15) is 0 Å². The summed E-state index contributed by atoms with van der Waals surface area (Å²) in [6, 6.07) is 0. The van der Waals surface area contributed by atoms with Crippen LogP contribution < -0.4 is 10.2 Å². The molecule has 1 aliphatic heterocycles. The summed E-state index contributed by atoms with van der Waals surface area (Å²) >= 11 is 0. The molecule has 4 nitrogen and oxygen atoms in total. The Hall–Kier alpha value is -1.03. The third-order valence-corrected chi connectivity index (χ3v) is 4.67. The Morgan fingerprint density at radius 1 is 1.30 bits per heavy atom. The van der Waals surface area contributed by atoms with Crippen molar-refractivity contribution in [1.82, 2.24) is 14.9 Å². The van der Waals surface area contributed by atoms with E-state index in [1.54, 1.807) is 0 Å². The molecule has 0 aromatic carbocycles. The van der Waals surface area contributed by atoms with E-state index in [4.69, 9.17) is 4.98 Å². The van der Waals surface area contributed by atoms with Crippen molar-refractivity contribution in [2.24, 2.45) is 0 Å². The second-order valence-electron chi connectivity index (χ2n) is 6.23. The first-order valence-corrected chi connectivity index (χ1v) is 8.11. The number of imidazole rings is 1. The summed E-state index contributed by atoms with van der Waals surface area (Å²) in [6.07, 6.45) is 8.10. The van der Waals surface area contributed by atoms with Gasteiger partial charge >= 0.3 is 0 Å². The largest absolute Gasteiger partial charge is 0.342 e. The van der Waals surface area contributed by atoms with Crippen molar-refractivity contribution < 1.29 is 0 Å². The molecule has 0 atom stereocenters. The summed E-state index contributed by atoms with van der Waals surface area (Å²) in [5.41, 5.74) is 1.52. The number of aryl methyl sites for hydroxylation is 2. The lowest BCUT2D eigenvalue weighted by Crippen LogP contribution is -2.50. The van der Waals surface area contributed by atoms with Gasteiger partial charge in [0.2, 0.25) is 5.95 Å². The number of anilines is 1. The number of hydrogen-bond donors (Lipinski definition) is 1. The van der Waals surface area contributed by atoms with Gasteiger partial charge in [0, 0.05) is 31.4 Å². The molecule has 2 heterocycles. The quantitative estimate of drug-likeness (QED) is 0.868. The van der Waals surface area contributed by atoms with Gasteiger partial charge in [-0.1, -0.05) is 20.3 Å². The lowest BCUT2D eigenvalue weighted by atomic mass is 9.90. The molecule has 0 unspecified atom stereocenters. The summed E-state index contributed by atoms with van der Waals surface area (Å²) in [6.45, 7) is 10.1. The van der Waals surface area contributed by atoms with E-state index in [2.05, 4.69) is 48.8 Å². The maximum Gasteiger partial charge on any atom is 0.205 e. The van der Waals surface area contributed by atoms with Crippen molar-refractivity contribution in [2.45, 2.75) is 65.0 Å². The van der Waals surface area contributed by atoms with Gasteiger partial charge in [-0.3, -0.25) is 0 Å². The van der Waals surface area contributed by atoms with E-state index in [9.17, 15) is 0 Å². The van der Waals surface area contributed by atoms with Gasteiger partial charge in [-0.15, -0.1) is 0 Å². The molecule has 0 bridgehead atoms. The summed E-state index contributed by atoms with van der Waals surface area (Å²) in [7, 11) is 2.08. The molecule has 0 spiro atoms. The lowest BCUT2D eigenvalue weighted by molar-refractivity contribution is 0.302. The van der Waals surface area contributed by atoms with Crippen LogP contribution in [-0.2, 0) is 13.0 Å². The second-order valence-corrected chi connectivity index (χ2v) is 6.23. The highest BCUT2D eigenvalue weighted by atomic mass is 15.3. The summed E-state index contributed by atoms with van der Waals surface area (Å²) in [5, 5.41) is 3.46. The van der Waals surface area contributed by atoms with Crippen molar-refractivity contribution in [3.8, 4) is 0 Å². The number of aromatic nitrogens is 2. The molecule has 4 heteroatoms. The second kappa shape index (κ2) is 6.61. The van der Waals surface area contributed by atoms with Crippen molar-refractivity contribution in [1.29, 1.82) is 0 Å². The highest BCUT2D eigenvalue weighted by molar-refractivity contribution is 5.35. The molecule has 0 radical (unpaired) electrons. The molecule has 1 N–H and O–H groups in total. The zero-order valence-corrected chi connectivity index (χ0v) is 13.6. The Balaban J connectivity index is 2.10. The molecule has 1 aromatic heterocycles. The van der Waals surface area contributed by atoms with Crippen molar-refractivity contribution in [2.75, 3.05) is 25.0 Å². The normalized spacial score (nSPS) is 18.5. The van der Waals surface area contributed by atoms with E-state index in [0.717, 1.165) is 26.1 Å². The number of nitrogens with zero attached hydrogens (tertiary/aromatic N) is 3. The molecular formula is C16H30N4. The van der Waals surface area contributed by atoms with E-state index in [1.807, 2.05) is 0 Å². The third kappa shape index (κ3) is 3.35. The fraction of sp³-hybridized carbons (Fsp3) is 0.812. The van der Waals surface area contributed by atoms with Crippen LogP contribution in [0.4, 0.5) is 5.95 Å². The van der Waals surface area contributed by atoms with Gasteiger partial charge in [0.05, 0.1) is 5.69 Å². The number of piperidine rings is 1. The van der Waals surface area contributed by atoms with E-state index < -0.39 is 0 Å². The summed E-state index contributed by atoms with van der Waals surface area (Å²) < 4.78 is 2.37. The molecule has 114 valence electrons. The molecule has 1 aromatic rings. The average molecular weight is 278 g/mol. The minimum Gasteiger partial charge on any atom is -0.342 e. The van der Waals surface area contributed by atoms with Gasteiger partial charge in [0.15, 0.2) is 0 Å². The van der Waals surface area contributed by atoms with Crippen LogP contribution in [0.25, 0.3) is 0 Å². The van der Waals surface area contributed by atoms with Crippen molar-refractivity contribution in [3.63, 3.8) is 0 Å². The number of rotatable bonds is 6. The first kappa shape index (κ1) is 15.4. The fourth-order valence-corrected chi connectivity index (χ4v) is 2.83. The molecular weight excluding hydrogens is 248 g/mol. The van der Waals surface area contributed by atoms with E-state index in [0.29, 0.717) is 5.54 Å². The van der Waals surface area contributed by atoms with Crippen LogP contribution in [0.2, 0.25) is 0 Å². The molecule has 0 aliphatic carbocycles. The van der Waals surface area contributed by atoms with Crippen molar-refractivity contribution in [3.05, 3.63) is 11.9 Å². The average Bonchev–Trinajstić information content (AvgIpc) is 2.89. The molecule has 1 aliphatic rings. The molecule has 0 saturated carbocycles. The first-order chi connectivity index (χ1) is 9.61. The Morgan fingerprint density at radius 3 is 2.55 bits per heavy atom. The zero-order chi connectivity index (χ0) is 14.6. The van der Waals surface area contributed by atoms with Crippen LogP contribution in [0.1, 0.15) is 52.1 Å². The maximum atomic E-state index is 4.85. The number of hydrogen-bond acceptors (Lipinski definition) is 3. The van der Waals surface area contributed by atoms with Crippen LogP contribution in [0.5, 0.6) is 0 Å². The Kier molecular flexibility index (Phi) is 5.08. The van der Waals surface area contributed by atoms with Crippen LogP contribution >= 0.6 is 0 Å². The Bertz CT molecular complexity index is 416. The molecule has 1 saturated heterocycles. The molecule has 0 amide bonds. The van der Waals surface area contributed by atoms with Crippen LogP contribution in [0.3, 0.4) is 0 Å². The standard InChI is InChI=1S/C16H30N4/c1-5-7-10-20-13-14(6-2)18-15(20)19-11-8-16(3,17-4)9-12-19/h13,17H,5-12H2,1-4H3. The predicted molar refractivity (Wildman–Crippen MR) is 85.4 cm³/mol. The summed E-state index contributed by atoms with van der Waals surface area (Å²) in [5.74, 6) is 1.19. The minimum absolute atomic E-state index is 0.297. The van der Waals surface area contributed by atoms with Crippen LogP contribution in [0.15, 0.2) is 6.20 Å². The predicted octanol–water partition coefficient (Wildman–Crippen LogP) is 2.82. The molecule has 20 heavy (non-hydrogen) atoms. The minimum atomic E-state index is 0.297. The number of nitrogens with one attached hydrogen (secondary N) is 1. The summed E-state index contributed by atoms with van der Waals surface area (Å²) in [4.78, 5) is 7.31. The highest BCUT2D eigenvalue weighted by Gasteiger charge is 2.29. The Morgan fingerprint density at radius 2 is 2.00 bits per heavy atom.